The third-order valence-corrected chi connectivity index (χ3v) is 2.09. The lowest BCUT2D eigenvalue weighted by molar-refractivity contribution is -0.126. The molecule has 0 aromatic rings. The zero-order chi connectivity index (χ0) is 9.40. The van der Waals surface area contributed by atoms with E-state index in [9.17, 15) is 4.79 Å². The number of carbonyl (C=O) groups is 1. The average molecular weight is 191 g/mol. The maximum atomic E-state index is 11.0. The molecule has 0 spiro atoms. The number of hydrogen-bond acceptors (Lipinski definition) is 3. The number of rotatable bonds is 6. The lowest BCUT2D eigenvalue weighted by Crippen LogP contribution is -2.36. The first-order valence-corrected chi connectivity index (χ1v) is 5.46. The summed E-state index contributed by atoms with van der Waals surface area (Å²) in [7, 11) is 0. The van der Waals surface area contributed by atoms with Gasteiger partial charge in [-0.1, -0.05) is 0 Å². The van der Waals surface area contributed by atoms with E-state index in [4.69, 9.17) is 4.74 Å². The maximum absolute atomic E-state index is 11.0. The first kappa shape index (κ1) is 11.8. The lowest BCUT2D eigenvalue weighted by Gasteiger charge is -2.11. The van der Waals surface area contributed by atoms with Gasteiger partial charge in [-0.25, -0.2) is 0 Å². The molecule has 72 valence electrons. The second-order valence-corrected chi connectivity index (χ2v) is 3.47. The molecule has 0 aliphatic carbocycles. The van der Waals surface area contributed by atoms with E-state index >= 15 is 0 Å². The summed E-state index contributed by atoms with van der Waals surface area (Å²) in [5, 5.41) is 2.83. The Kier molecular flexibility index (Phi) is 7.29. The van der Waals surface area contributed by atoms with Gasteiger partial charge in [-0.2, -0.15) is 11.8 Å². The van der Waals surface area contributed by atoms with E-state index in [1.165, 1.54) is 0 Å². The van der Waals surface area contributed by atoms with Crippen LogP contribution in [0, 0.1) is 0 Å². The predicted molar refractivity (Wildman–Crippen MR) is 52.5 cm³/mol. The Labute approximate surface area is 78.2 Å². The number of carbonyl (C=O) groups excluding carboxylic acids is 1. The van der Waals surface area contributed by atoms with Crippen LogP contribution >= 0.6 is 11.8 Å². The summed E-state index contributed by atoms with van der Waals surface area (Å²) < 4.78 is 4.96. The molecule has 0 aliphatic heterocycles. The molecular weight excluding hydrogens is 174 g/mol. The molecule has 0 rings (SSSR count). The van der Waals surface area contributed by atoms with Gasteiger partial charge in [-0.3, -0.25) is 4.79 Å². The molecule has 0 saturated carbocycles. The Morgan fingerprint density at radius 1 is 1.67 bits per heavy atom. The highest BCUT2D eigenvalue weighted by molar-refractivity contribution is 7.98. The van der Waals surface area contributed by atoms with Crippen molar-refractivity contribution < 1.29 is 9.53 Å². The van der Waals surface area contributed by atoms with Crippen LogP contribution in [0.4, 0.5) is 0 Å². The van der Waals surface area contributed by atoms with Crippen molar-refractivity contribution in [1.29, 1.82) is 0 Å². The van der Waals surface area contributed by atoms with E-state index in [-0.39, 0.29) is 18.6 Å². The molecule has 4 heteroatoms. The largest absolute Gasteiger partial charge is 0.372 e. The molecule has 1 amide bonds. The fraction of sp³-hybridized carbons (Fsp3) is 0.875. The van der Waals surface area contributed by atoms with Crippen molar-refractivity contribution in [2.75, 3.05) is 25.2 Å². The quantitative estimate of drug-likeness (QED) is 0.677. The molecule has 1 atom stereocenters. The van der Waals surface area contributed by atoms with Gasteiger partial charge in [0, 0.05) is 18.4 Å². The Morgan fingerprint density at radius 2 is 2.33 bits per heavy atom. The van der Waals surface area contributed by atoms with E-state index in [2.05, 4.69) is 5.32 Å². The Hall–Kier alpha value is -0.220. The Bertz CT molecular complexity index is 130. The second kappa shape index (κ2) is 7.43. The van der Waals surface area contributed by atoms with Gasteiger partial charge in [-0.15, -0.1) is 0 Å². The highest BCUT2D eigenvalue weighted by atomic mass is 32.2. The maximum Gasteiger partial charge on any atom is 0.246 e. The Balaban J connectivity index is 3.40. The van der Waals surface area contributed by atoms with Crippen LogP contribution in [0.3, 0.4) is 0 Å². The van der Waals surface area contributed by atoms with Crippen LogP contribution in [0.5, 0.6) is 0 Å². The molecule has 0 saturated heterocycles. The van der Waals surface area contributed by atoms with Crippen molar-refractivity contribution >= 4 is 17.7 Å². The summed E-state index contributed by atoms with van der Waals surface area (Å²) in [4.78, 5) is 11.0. The van der Waals surface area contributed by atoms with Gasteiger partial charge in [0.1, 0.15) is 6.61 Å². The number of amides is 1. The molecule has 1 N–H and O–H groups in total. The topological polar surface area (TPSA) is 38.3 Å². The van der Waals surface area contributed by atoms with E-state index in [0.29, 0.717) is 6.61 Å². The van der Waals surface area contributed by atoms with E-state index in [1.54, 1.807) is 11.8 Å². The summed E-state index contributed by atoms with van der Waals surface area (Å²) >= 11 is 1.72. The number of nitrogens with one attached hydrogen (secondary N) is 1. The van der Waals surface area contributed by atoms with Crippen molar-refractivity contribution in [2.24, 2.45) is 0 Å². The summed E-state index contributed by atoms with van der Waals surface area (Å²) in [6.45, 7) is 4.62. The average Bonchev–Trinajstić information content (AvgIpc) is 2.01. The van der Waals surface area contributed by atoms with Crippen molar-refractivity contribution in [3.8, 4) is 0 Å². The van der Waals surface area contributed by atoms with Crippen LogP contribution in [0.25, 0.3) is 0 Å². The first-order valence-electron chi connectivity index (χ1n) is 4.06. The van der Waals surface area contributed by atoms with Gasteiger partial charge in [0.05, 0.1) is 0 Å². The lowest BCUT2D eigenvalue weighted by atomic mass is 10.4. The summed E-state index contributed by atoms with van der Waals surface area (Å²) in [6.07, 6.45) is 2.02. The molecular formula is C8H17NO2S. The van der Waals surface area contributed by atoms with E-state index in [1.807, 2.05) is 20.1 Å². The third kappa shape index (κ3) is 6.49. The highest BCUT2D eigenvalue weighted by Gasteiger charge is 2.05. The zero-order valence-corrected chi connectivity index (χ0v) is 8.74. The fourth-order valence-electron chi connectivity index (χ4n) is 0.803. The number of thioether (sulfide) groups is 1. The van der Waals surface area contributed by atoms with Gasteiger partial charge < -0.3 is 10.1 Å². The normalized spacial score (nSPS) is 12.6. The minimum atomic E-state index is -0.0293. The Morgan fingerprint density at radius 3 is 2.83 bits per heavy atom. The minimum absolute atomic E-state index is 0.0293. The third-order valence-electron chi connectivity index (χ3n) is 1.26. The molecule has 0 aromatic carbocycles. The van der Waals surface area contributed by atoms with Crippen molar-refractivity contribution in [1.82, 2.24) is 5.32 Å². The molecule has 0 radical (unpaired) electrons. The van der Waals surface area contributed by atoms with Gasteiger partial charge in [0.15, 0.2) is 0 Å². The summed E-state index contributed by atoms with van der Waals surface area (Å²) in [5.41, 5.74) is 0. The van der Waals surface area contributed by atoms with Crippen LogP contribution in [-0.2, 0) is 9.53 Å². The zero-order valence-electron chi connectivity index (χ0n) is 7.92. The van der Waals surface area contributed by atoms with Crippen LogP contribution in [0.2, 0.25) is 0 Å². The molecule has 0 aliphatic rings. The second-order valence-electron chi connectivity index (χ2n) is 2.56. The molecule has 0 aromatic heterocycles. The predicted octanol–water partition coefficient (Wildman–Crippen LogP) is 0.891. The van der Waals surface area contributed by atoms with Gasteiger partial charge in [-0.05, 0) is 20.1 Å². The van der Waals surface area contributed by atoms with E-state index in [0.717, 1.165) is 5.75 Å². The van der Waals surface area contributed by atoms with E-state index < -0.39 is 0 Å². The van der Waals surface area contributed by atoms with Gasteiger partial charge in [0.25, 0.3) is 0 Å². The van der Waals surface area contributed by atoms with Crippen molar-refractivity contribution in [2.45, 2.75) is 19.9 Å². The number of hydrogen-bond donors (Lipinski definition) is 1. The first-order chi connectivity index (χ1) is 5.70. The molecule has 3 nitrogen and oxygen atoms in total. The molecule has 0 fully saturated rings. The molecule has 0 bridgehead atoms. The molecule has 12 heavy (non-hydrogen) atoms. The standard InChI is InChI=1S/C8H17NO2S/c1-4-11-5-8(10)9-7(2)6-12-3/h7H,4-6H2,1-3H3,(H,9,10). The number of ether oxygens (including phenoxy) is 1. The van der Waals surface area contributed by atoms with Gasteiger partial charge in [0.2, 0.25) is 5.91 Å². The van der Waals surface area contributed by atoms with Crippen molar-refractivity contribution in [3.63, 3.8) is 0 Å². The van der Waals surface area contributed by atoms with Crippen LogP contribution < -0.4 is 5.32 Å². The SMILES string of the molecule is CCOCC(=O)NC(C)CSC. The highest BCUT2D eigenvalue weighted by Crippen LogP contribution is 1.95. The fourth-order valence-corrected chi connectivity index (χ4v) is 1.39. The van der Waals surface area contributed by atoms with Gasteiger partial charge >= 0.3 is 0 Å². The molecule has 0 heterocycles. The van der Waals surface area contributed by atoms with Crippen LogP contribution in [-0.4, -0.2) is 37.2 Å². The monoisotopic (exact) mass is 191 g/mol. The van der Waals surface area contributed by atoms with Crippen LogP contribution in [0.15, 0.2) is 0 Å². The van der Waals surface area contributed by atoms with Crippen molar-refractivity contribution in [3.05, 3.63) is 0 Å². The minimum Gasteiger partial charge on any atom is -0.372 e. The summed E-state index contributed by atoms with van der Waals surface area (Å²) in [6, 6.07) is 0.230. The van der Waals surface area contributed by atoms with Crippen LogP contribution in [0.1, 0.15) is 13.8 Å². The molecule has 1 unspecified atom stereocenters. The smallest absolute Gasteiger partial charge is 0.246 e. The summed E-state index contributed by atoms with van der Waals surface area (Å²) in [5.74, 6) is 0.913.